The molecule has 114 valence electrons. The van der Waals surface area contributed by atoms with E-state index in [2.05, 4.69) is 22.1 Å². The lowest BCUT2D eigenvalue weighted by Crippen LogP contribution is -2.50. The third-order valence-electron chi connectivity index (χ3n) is 4.87. The van der Waals surface area contributed by atoms with Crippen molar-refractivity contribution >= 4 is 5.91 Å². The van der Waals surface area contributed by atoms with Gasteiger partial charge in [-0.15, -0.1) is 0 Å². The molecule has 3 rings (SSSR count). The van der Waals surface area contributed by atoms with Gasteiger partial charge in [-0.25, -0.2) is 0 Å². The second-order valence-corrected chi connectivity index (χ2v) is 6.26. The van der Waals surface area contributed by atoms with Crippen LogP contribution in [0, 0.1) is 0 Å². The third kappa shape index (κ3) is 3.43. The van der Waals surface area contributed by atoms with Gasteiger partial charge in [0.05, 0.1) is 0 Å². The molecule has 4 heteroatoms. The average Bonchev–Trinajstić information content (AvgIpc) is 2.85. The van der Waals surface area contributed by atoms with E-state index in [-0.39, 0.29) is 5.91 Å². The van der Waals surface area contributed by atoms with E-state index in [9.17, 15) is 4.79 Å². The summed E-state index contributed by atoms with van der Waals surface area (Å²) >= 11 is 0. The molecule has 0 aliphatic carbocycles. The Labute approximate surface area is 126 Å². The lowest BCUT2D eigenvalue weighted by Gasteiger charge is -2.37. The fourth-order valence-corrected chi connectivity index (χ4v) is 3.84. The molecule has 2 unspecified atom stereocenters. The van der Waals surface area contributed by atoms with Gasteiger partial charge in [0.1, 0.15) is 0 Å². The molecule has 0 aromatic carbocycles. The summed E-state index contributed by atoms with van der Waals surface area (Å²) in [5.74, 6) is 0.287. The predicted molar refractivity (Wildman–Crippen MR) is 82.9 cm³/mol. The first-order chi connectivity index (χ1) is 10.3. The van der Waals surface area contributed by atoms with Crippen molar-refractivity contribution in [2.75, 3.05) is 6.54 Å². The van der Waals surface area contributed by atoms with E-state index >= 15 is 0 Å². The van der Waals surface area contributed by atoms with E-state index in [0.29, 0.717) is 24.5 Å². The SMILES string of the molecule is CCN(C(=O)CCc1ccccn1)C1CC2CCC(C1)N2. The number of nitrogens with one attached hydrogen (secondary N) is 1. The largest absolute Gasteiger partial charge is 0.340 e. The second-order valence-electron chi connectivity index (χ2n) is 6.26. The quantitative estimate of drug-likeness (QED) is 0.902. The van der Waals surface area contributed by atoms with Crippen molar-refractivity contribution in [3.05, 3.63) is 30.1 Å². The van der Waals surface area contributed by atoms with Crippen molar-refractivity contribution in [2.45, 2.75) is 63.6 Å². The number of carbonyl (C=O) groups is 1. The summed E-state index contributed by atoms with van der Waals surface area (Å²) in [4.78, 5) is 19.0. The fraction of sp³-hybridized carbons (Fsp3) is 0.647. The van der Waals surface area contributed by atoms with Crippen LogP contribution < -0.4 is 5.32 Å². The first-order valence-electron chi connectivity index (χ1n) is 8.21. The zero-order chi connectivity index (χ0) is 14.7. The molecule has 0 saturated carbocycles. The topological polar surface area (TPSA) is 45.2 Å². The molecule has 4 nitrogen and oxygen atoms in total. The maximum Gasteiger partial charge on any atom is 0.223 e. The van der Waals surface area contributed by atoms with Crippen LogP contribution in [0.15, 0.2) is 24.4 Å². The number of fused-ring (bicyclic) bond motifs is 2. The Morgan fingerprint density at radius 1 is 1.33 bits per heavy atom. The van der Waals surface area contributed by atoms with Crippen molar-refractivity contribution in [2.24, 2.45) is 0 Å². The zero-order valence-electron chi connectivity index (χ0n) is 12.8. The molecule has 3 heterocycles. The Morgan fingerprint density at radius 3 is 2.71 bits per heavy atom. The molecule has 1 aromatic heterocycles. The number of nitrogens with zero attached hydrogens (tertiary/aromatic N) is 2. The molecule has 2 atom stereocenters. The number of pyridine rings is 1. The molecule has 1 N–H and O–H groups in total. The molecule has 2 aliphatic rings. The van der Waals surface area contributed by atoms with Crippen molar-refractivity contribution in [3.8, 4) is 0 Å². The third-order valence-corrected chi connectivity index (χ3v) is 4.87. The van der Waals surface area contributed by atoms with Crippen LogP contribution in [0.4, 0.5) is 0 Å². The van der Waals surface area contributed by atoms with Gasteiger partial charge in [0.25, 0.3) is 0 Å². The summed E-state index contributed by atoms with van der Waals surface area (Å²) < 4.78 is 0. The van der Waals surface area contributed by atoms with Crippen LogP contribution in [-0.4, -0.2) is 40.5 Å². The number of piperidine rings is 1. The number of carbonyl (C=O) groups excluding carboxylic acids is 1. The highest BCUT2D eigenvalue weighted by atomic mass is 16.2. The van der Waals surface area contributed by atoms with Crippen LogP contribution >= 0.6 is 0 Å². The van der Waals surface area contributed by atoms with Gasteiger partial charge in [-0.05, 0) is 51.2 Å². The number of aryl methyl sites for hydroxylation is 1. The standard InChI is InChI=1S/C17H25N3O/c1-2-20(16-11-14-6-7-15(12-16)19-14)17(21)9-8-13-5-3-4-10-18-13/h3-5,10,14-16,19H,2,6-9,11-12H2,1H3. The highest BCUT2D eigenvalue weighted by Crippen LogP contribution is 2.30. The van der Waals surface area contributed by atoms with Gasteiger partial charge in [-0.1, -0.05) is 6.07 Å². The Kier molecular flexibility index (Phi) is 4.54. The first kappa shape index (κ1) is 14.5. The second kappa shape index (κ2) is 6.56. The Bertz CT molecular complexity index is 464. The average molecular weight is 287 g/mol. The minimum Gasteiger partial charge on any atom is -0.340 e. The Morgan fingerprint density at radius 2 is 2.10 bits per heavy atom. The lowest BCUT2D eigenvalue weighted by molar-refractivity contribution is -0.134. The number of rotatable bonds is 5. The highest BCUT2D eigenvalue weighted by molar-refractivity contribution is 5.76. The minimum atomic E-state index is 0.287. The molecular weight excluding hydrogens is 262 g/mol. The van der Waals surface area contributed by atoms with E-state index in [1.807, 2.05) is 18.2 Å². The maximum atomic E-state index is 12.6. The number of amides is 1. The van der Waals surface area contributed by atoms with Gasteiger partial charge in [-0.3, -0.25) is 9.78 Å². The van der Waals surface area contributed by atoms with Crippen molar-refractivity contribution in [3.63, 3.8) is 0 Å². The summed E-state index contributed by atoms with van der Waals surface area (Å²) in [6, 6.07) is 7.58. The maximum absolute atomic E-state index is 12.6. The van der Waals surface area contributed by atoms with Gasteiger partial charge in [-0.2, -0.15) is 0 Å². The smallest absolute Gasteiger partial charge is 0.223 e. The molecule has 1 aromatic rings. The van der Waals surface area contributed by atoms with E-state index in [4.69, 9.17) is 0 Å². The summed E-state index contributed by atoms with van der Waals surface area (Å²) in [5.41, 5.74) is 1.01. The monoisotopic (exact) mass is 287 g/mol. The summed E-state index contributed by atoms with van der Waals surface area (Å²) in [6.07, 6.45) is 7.92. The number of hydrogen-bond donors (Lipinski definition) is 1. The van der Waals surface area contributed by atoms with E-state index < -0.39 is 0 Å². The van der Waals surface area contributed by atoms with Crippen LogP contribution in [0.5, 0.6) is 0 Å². The van der Waals surface area contributed by atoms with Crippen molar-refractivity contribution in [1.82, 2.24) is 15.2 Å². The zero-order valence-corrected chi connectivity index (χ0v) is 12.8. The van der Waals surface area contributed by atoms with Gasteiger partial charge >= 0.3 is 0 Å². The molecule has 2 aliphatic heterocycles. The molecule has 0 radical (unpaired) electrons. The molecule has 1 amide bonds. The predicted octanol–water partition coefficient (Wildman–Crippen LogP) is 2.15. The van der Waals surface area contributed by atoms with Gasteiger partial charge in [0, 0.05) is 43.0 Å². The van der Waals surface area contributed by atoms with E-state index in [0.717, 1.165) is 31.5 Å². The van der Waals surface area contributed by atoms with Gasteiger partial charge in [0.2, 0.25) is 5.91 Å². The lowest BCUT2D eigenvalue weighted by atomic mass is 9.97. The van der Waals surface area contributed by atoms with Crippen molar-refractivity contribution in [1.29, 1.82) is 0 Å². The number of hydrogen-bond acceptors (Lipinski definition) is 3. The van der Waals surface area contributed by atoms with Crippen LogP contribution in [0.1, 0.15) is 44.7 Å². The molecular formula is C17H25N3O. The van der Waals surface area contributed by atoms with E-state index in [1.165, 1.54) is 12.8 Å². The van der Waals surface area contributed by atoms with Crippen LogP contribution in [0.25, 0.3) is 0 Å². The summed E-state index contributed by atoms with van der Waals surface area (Å²) in [7, 11) is 0. The van der Waals surface area contributed by atoms with Gasteiger partial charge < -0.3 is 10.2 Å². The van der Waals surface area contributed by atoms with Crippen LogP contribution in [0.3, 0.4) is 0 Å². The molecule has 21 heavy (non-hydrogen) atoms. The summed E-state index contributed by atoms with van der Waals surface area (Å²) in [6.45, 7) is 2.92. The van der Waals surface area contributed by atoms with Crippen LogP contribution in [0.2, 0.25) is 0 Å². The van der Waals surface area contributed by atoms with Gasteiger partial charge in [0.15, 0.2) is 0 Å². The van der Waals surface area contributed by atoms with Crippen LogP contribution in [-0.2, 0) is 11.2 Å². The molecule has 2 saturated heterocycles. The highest BCUT2D eigenvalue weighted by Gasteiger charge is 2.36. The normalized spacial score (nSPS) is 27.6. The fourth-order valence-electron chi connectivity index (χ4n) is 3.84. The Hall–Kier alpha value is -1.42. The number of aromatic nitrogens is 1. The first-order valence-corrected chi connectivity index (χ1v) is 8.21. The molecule has 2 fully saturated rings. The van der Waals surface area contributed by atoms with Crippen molar-refractivity contribution < 1.29 is 4.79 Å². The molecule has 0 spiro atoms. The molecule has 2 bridgehead atoms. The summed E-state index contributed by atoms with van der Waals surface area (Å²) in [5, 5.41) is 3.65. The van der Waals surface area contributed by atoms with E-state index in [1.54, 1.807) is 6.20 Å². The minimum absolute atomic E-state index is 0.287. The Balaban J connectivity index is 1.56.